The van der Waals surface area contributed by atoms with E-state index in [2.05, 4.69) is 10.2 Å². The molecule has 4 rings (SSSR count). The van der Waals surface area contributed by atoms with E-state index in [4.69, 9.17) is 5.10 Å². The molecule has 0 radical (unpaired) electrons. The van der Waals surface area contributed by atoms with E-state index in [9.17, 15) is 4.79 Å². The van der Waals surface area contributed by atoms with Gasteiger partial charge in [0.05, 0.1) is 17.9 Å². The molecule has 6 nitrogen and oxygen atoms in total. The Morgan fingerprint density at radius 1 is 1.16 bits per heavy atom. The van der Waals surface area contributed by atoms with Crippen molar-refractivity contribution in [2.24, 2.45) is 7.05 Å². The number of carbonyl (C=O) groups excluding carboxylic acids is 1. The fourth-order valence-corrected chi connectivity index (χ4v) is 3.83. The number of nitrogens with zero attached hydrogens (tertiary/aromatic N) is 4. The van der Waals surface area contributed by atoms with Crippen molar-refractivity contribution in [3.63, 3.8) is 0 Å². The standard InChI is InChI=1S/C19H25N5O/c1-22-18-14-24(19(25)20-15-7-3-2-4-8-15)12-9-16(18)17(21-22)13-23-10-5-6-11-23/h2-4,7-8H,5-6,9-14H2,1H3,(H,20,25). The lowest BCUT2D eigenvalue weighted by molar-refractivity contribution is 0.204. The number of rotatable bonds is 3. The van der Waals surface area contributed by atoms with Crippen LogP contribution in [-0.2, 0) is 26.6 Å². The molecule has 1 N–H and O–H groups in total. The number of anilines is 1. The smallest absolute Gasteiger partial charge is 0.318 e. The van der Waals surface area contributed by atoms with Crippen LogP contribution >= 0.6 is 0 Å². The highest BCUT2D eigenvalue weighted by Crippen LogP contribution is 2.24. The highest BCUT2D eigenvalue weighted by molar-refractivity contribution is 5.89. The van der Waals surface area contributed by atoms with Crippen molar-refractivity contribution in [1.82, 2.24) is 19.6 Å². The number of hydrogen-bond acceptors (Lipinski definition) is 3. The average Bonchev–Trinajstić information content (AvgIpc) is 3.24. The van der Waals surface area contributed by atoms with Crippen LogP contribution in [-0.4, -0.2) is 45.2 Å². The second kappa shape index (κ2) is 6.88. The van der Waals surface area contributed by atoms with Crippen LogP contribution in [0.25, 0.3) is 0 Å². The first-order valence-electron chi connectivity index (χ1n) is 9.07. The SMILES string of the molecule is Cn1nc(CN2CCCC2)c2c1CN(C(=O)Nc1ccccc1)CC2. The molecule has 2 amide bonds. The van der Waals surface area contributed by atoms with Gasteiger partial charge in [-0.25, -0.2) is 4.79 Å². The Morgan fingerprint density at radius 2 is 1.92 bits per heavy atom. The maximum absolute atomic E-state index is 12.6. The van der Waals surface area contributed by atoms with Gasteiger partial charge < -0.3 is 10.2 Å². The zero-order valence-corrected chi connectivity index (χ0v) is 14.7. The van der Waals surface area contributed by atoms with E-state index >= 15 is 0 Å². The van der Waals surface area contributed by atoms with E-state index < -0.39 is 0 Å². The maximum Gasteiger partial charge on any atom is 0.322 e. The quantitative estimate of drug-likeness (QED) is 0.935. The van der Waals surface area contributed by atoms with Gasteiger partial charge in [-0.2, -0.15) is 5.10 Å². The van der Waals surface area contributed by atoms with Crippen molar-refractivity contribution in [2.45, 2.75) is 32.4 Å². The first kappa shape index (κ1) is 16.1. The molecular formula is C19H25N5O. The third kappa shape index (κ3) is 3.39. The molecule has 0 spiro atoms. The Kier molecular flexibility index (Phi) is 4.44. The molecule has 0 atom stereocenters. The Labute approximate surface area is 148 Å². The van der Waals surface area contributed by atoms with Crippen LogP contribution in [0.2, 0.25) is 0 Å². The molecule has 0 saturated carbocycles. The Balaban J connectivity index is 1.45. The highest BCUT2D eigenvalue weighted by atomic mass is 16.2. The monoisotopic (exact) mass is 339 g/mol. The van der Waals surface area contributed by atoms with Gasteiger partial charge >= 0.3 is 6.03 Å². The number of amides is 2. The largest absolute Gasteiger partial charge is 0.322 e. The van der Waals surface area contributed by atoms with Gasteiger partial charge in [-0.1, -0.05) is 18.2 Å². The molecule has 0 bridgehead atoms. The van der Waals surface area contributed by atoms with E-state index in [0.717, 1.165) is 25.2 Å². The summed E-state index contributed by atoms with van der Waals surface area (Å²) in [5.74, 6) is 0. The number of benzene rings is 1. The summed E-state index contributed by atoms with van der Waals surface area (Å²) in [6, 6.07) is 9.57. The van der Waals surface area contributed by atoms with Gasteiger partial charge in [0.25, 0.3) is 0 Å². The van der Waals surface area contributed by atoms with Crippen LogP contribution in [0, 0.1) is 0 Å². The number of nitrogens with one attached hydrogen (secondary N) is 1. The Hall–Kier alpha value is -2.34. The normalized spacial score (nSPS) is 17.6. The fourth-order valence-electron chi connectivity index (χ4n) is 3.83. The lowest BCUT2D eigenvalue weighted by Gasteiger charge is -2.28. The molecule has 0 aliphatic carbocycles. The first-order valence-corrected chi connectivity index (χ1v) is 9.07. The summed E-state index contributed by atoms with van der Waals surface area (Å²) in [4.78, 5) is 16.9. The number of urea groups is 1. The molecule has 2 aromatic rings. The predicted octanol–water partition coefficient (Wildman–Crippen LogP) is 2.61. The number of likely N-dealkylation sites (tertiary alicyclic amines) is 1. The Bertz CT molecular complexity index is 749. The van der Waals surface area contributed by atoms with Gasteiger partial charge in [-0.05, 0) is 44.5 Å². The molecule has 0 unspecified atom stereocenters. The summed E-state index contributed by atoms with van der Waals surface area (Å²) in [6.45, 7) is 4.66. The molecule has 6 heteroatoms. The third-order valence-electron chi connectivity index (χ3n) is 5.21. The highest BCUT2D eigenvalue weighted by Gasteiger charge is 2.27. The summed E-state index contributed by atoms with van der Waals surface area (Å²) in [7, 11) is 1.99. The second-order valence-electron chi connectivity index (χ2n) is 6.95. The molecule has 1 aromatic heterocycles. The van der Waals surface area contributed by atoms with Crippen molar-refractivity contribution in [2.75, 3.05) is 25.0 Å². The van der Waals surface area contributed by atoms with Gasteiger partial charge in [-0.3, -0.25) is 9.58 Å². The molecule has 132 valence electrons. The van der Waals surface area contributed by atoms with Gasteiger partial charge in [0.2, 0.25) is 0 Å². The lowest BCUT2D eigenvalue weighted by Crippen LogP contribution is -2.39. The van der Waals surface area contributed by atoms with Crippen LogP contribution in [0.5, 0.6) is 0 Å². The molecule has 25 heavy (non-hydrogen) atoms. The van der Waals surface area contributed by atoms with E-state index in [-0.39, 0.29) is 6.03 Å². The van der Waals surface area contributed by atoms with Crippen LogP contribution in [0.15, 0.2) is 30.3 Å². The number of aryl methyl sites for hydroxylation is 1. The van der Waals surface area contributed by atoms with Crippen LogP contribution < -0.4 is 5.32 Å². The van der Waals surface area contributed by atoms with Crippen molar-refractivity contribution in [3.05, 3.63) is 47.3 Å². The summed E-state index contributed by atoms with van der Waals surface area (Å²) >= 11 is 0. The van der Waals surface area contributed by atoms with Crippen molar-refractivity contribution in [1.29, 1.82) is 0 Å². The number of aromatic nitrogens is 2. The first-order chi connectivity index (χ1) is 12.2. The predicted molar refractivity (Wildman–Crippen MR) is 97.3 cm³/mol. The van der Waals surface area contributed by atoms with Crippen molar-refractivity contribution < 1.29 is 4.79 Å². The van der Waals surface area contributed by atoms with Crippen molar-refractivity contribution in [3.8, 4) is 0 Å². The molecule has 3 heterocycles. The Morgan fingerprint density at radius 3 is 2.68 bits per heavy atom. The molecule has 2 aliphatic rings. The van der Waals surface area contributed by atoms with E-state index in [0.29, 0.717) is 6.54 Å². The third-order valence-corrected chi connectivity index (χ3v) is 5.21. The number of hydrogen-bond donors (Lipinski definition) is 1. The van der Waals surface area contributed by atoms with E-state index in [1.807, 2.05) is 47.0 Å². The zero-order valence-electron chi connectivity index (χ0n) is 14.7. The van der Waals surface area contributed by atoms with Gasteiger partial charge in [-0.15, -0.1) is 0 Å². The average molecular weight is 339 g/mol. The fraction of sp³-hybridized carbons (Fsp3) is 0.474. The molecule has 1 saturated heterocycles. The number of fused-ring (bicyclic) bond motifs is 1. The van der Waals surface area contributed by atoms with Crippen LogP contribution in [0.3, 0.4) is 0 Å². The number of carbonyl (C=O) groups is 1. The summed E-state index contributed by atoms with van der Waals surface area (Å²) < 4.78 is 1.96. The minimum Gasteiger partial charge on any atom is -0.318 e. The van der Waals surface area contributed by atoms with E-state index in [1.165, 1.54) is 42.9 Å². The zero-order chi connectivity index (χ0) is 17.2. The molecular weight excluding hydrogens is 314 g/mol. The van der Waals surface area contributed by atoms with Gasteiger partial charge in [0, 0.05) is 31.4 Å². The molecule has 1 aromatic carbocycles. The van der Waals surface area contributed by atoms with Gasteiger partial charge in [0.15, 0.2) is 0 Å². The van der Waals surface area contributed by atoms with Crippen LogP contribution in [0.1, 0.15) is 29.8 Å². The lowest BCUT2D eigenvalue weighted by atomic mass is 10.0. The minimum absolute atomic E-state index is 0.0425. The van der Waals surface area contributed by atoms with Crippen molar-refractivity contribution >= 4 is 11.7 Å². The summed E-state index contributed by atoms with van der Waals surface area (Å²) in [6.07, 6.45) is 3.47. The second-order valence-corrected chi connectivity index (χ2v) is 6.95. The molecule has 1 fully saturated rings. The summed E-state index contributed by atoms with van der Waals surface area (Å²) in [5, 5.41) is 7.73. The number of para-hydroxylation sites is 1. The van der Waals surface area contributed by atoms with E-state index in [1.54, 1.807) is 0 Å². The maximum atomic E-state index is 12.6. The minimum atomic E-state index is -0.0425. The van der Waals surface area contributed by atoms with Gasteiger partial charge in [0.1, 0.15) is 0 Å². The summed E-state index contributed by atoms with van der Waals surface area (Å²) in [5.41, 5.74) is 4.54. The molecule has 2 aliphatic heterocycles. The van der Waals surface area contributed by atoms with Crippen LogP contribution in [0.4, 0.5) is 10.5 Å². The topological polar surface area (TPSA) is 53.4 Å².